The summed E-state index contributed by atoms with van der Waals surface area (Å²) in [5.74, 6) is -0.917. The summed E-state index contributed by atoms with van der Waals surface area (Å²) >= 11 is 1.60. The van der Waals surface area contributed by atoms with Crippen LogP contribution < -0.4 is 0 Å². The maximum Gasteiger partial charge on any atom is 0.328 e. The van der Waals surface area contributed by atoms with Crippen LogP contribution in [-0.2, 0) is 17.6 Å². The predicted octanol–water partition coefficient (Wildman–Crippen LogP) is 2.69. The Hall–Kier alpha value is -1.20. The van der Waals surface area contributed by atoms with E-state index in [9.17, 15) is 4.79 Å². The Morgan fingerprint density at radius 1 is 1.37 bits per heavy atom. The van der Waals surface area contributed by atoms with E-state index in [1.807, 2.05) is 6.92 Å². The van der Waals surface area contributed by atoms with Gasteiger partial charge in [0.1, 0.15) is 0 Å². The van der Waals surface area contributed by atoms with Crippen LogP contribution >= 0.6 is 11.3 Å². The van der Waals surface area contributed by atoms with Gasteiger partial charge in [0.2, 0.25) is 0 Å². The van der Waals surface area contributed by atoms with Crippen molar-refractivity contribution in [3.63, 3.8) is 0 Å². The minimum absolute atomic E-state index is 0.834. The van der Waals surface area contributed by atoms with E-state index in [1.165, 1.54) is 6.08 Å². The van der Waals surface area contributed by atoms with Crippen molar-refractivity contribution in [3.8, 4) is 0 Å². The van der Waals surface area contributed by atoms with Crippen LogP contribution in [0.15, 0.2) is 6.08 Å². The SMILES string of the molecule is CCc1nc(CCN(CC)CC)sc1/C=C/C(=O)O. The van der Waals surface area contributed by atoms with Gasteiger partial charge >= 0.3 is 5.97 Å². The number of nitrogens with zero attached hydrogens (tertiary/aromatic N) is 2. The molecule has 0 fully saturated rings. The van der Waals surface area contributed by atoms with Crippen molar-refractivity contribution in [2.75, 3.05) is 19.6 Å². The van der Waals surface area contributed by atoms with E-state index in [1.54, 1.807) is 17.4 Å². The van der Waals surface area contributed by atoms with Crippen molar-refractivity contribution in [1.29, 1.82) is 0 Å². The molecule has 1 aromatic rings. The lowest BCUT2D eigenvalue weighted by atomic mass is 10.3. The summed E-state index contributed by atoms with van der Waals surface area (Å²) in [5.41, 5.74) is 0.997. The minimum atomic E-state index is -0.917. The Morgan fingerprint density at radius 2 is 2.05 bits per heavy atom. The highest BCUT2D eigenvalue weighted by molar-refractivity contribution is 7.12. The van der Waals surface area contributed by atoms with Crippen LogP contribution in [0.2, 0.25) is 0 Å². The van der Waals surface area contributed by atoms with Gasteiger partial charge in [0.05, 0.1) is 15.6 Å². The summed E-state index contributed by atoms with van der Waals surface area (Å²) in [4.78, 5) is 18.5. The van der Waals surface area contributed by atoms with Crippen molar-refractivity contribution in [2.45, 2.75) is 33.6 Å². The molecule has 0 atom stereocenters. The summed E-state index contributed by atoms with van der Waals surface area (Å²) in [6.07, 6.45) is 4.60. The molecule has 1 heterocycles. The number of carbonyl (C=O) groups is 1. The number of carboxylic acids is 1. The van der Waals surface area contributed by atoms with Gasteiger partial charge in [0.15, 0.2) is 0 Å². The molecule has 0 saturated heterocycles. The monoisotopic (exact) mass is 282 g/mol. The van der Waals surface area contributed by atoms with Crippen molar-refractivity contribution in [1.82, 2.24) is 9.88 Å². The molecule has 0 spiro atoms. The molecule has 0 aliphatic carbocycles. The number of aryl methyl sites for hydroxylation is 1. The molecule has 106 valence electrons. The van der Waals surface area contributed by atoms with Gasteiger partial charge in [0.25, 0.3) is 0 Å². The lowest BCUT2D eigenvalue weighted by Crippen LogP contribution is -2.25. The number of hydrogen-bond acceptors (Lipinski definition) is 4. The van der Waals surface area contributed by atoms with Gasteiger partial charge in [-0.25, -0.2) is 9.78 Å². The third-order valence-electron chi connectivity index (χ3n) is 3.02. The van der Waals surface area contributed by atoms with Crippen molar-refractivity contribution < 1.29 is 9.90 Å². The second-order valence-electron chi connectivity index (χ2n) is 4.22. The Morgan fingerprint density at radius 3 is 2.58 bits per heavy atom. The molecular formula is C14H22N2O2S. The molecule has 5 heteroatoms. The molecule has 1 N–H and O–H groups in total. The zero-order chi connectivity index (χ0) is 14.3. The fourth-order valence-electron chi connectivity index (χ4n) is 1.85. The third kappa shape index (κ3) is 5.12. The predicted molar refractivity (Wildman–Crippen MR) is 79.7 cm³/mol. The number of aromatic nitrogens is 1. The van der Waals surface area contributed by atoms with Gasteiger partial charge in [-0.05, 0) is 25.6 Å². The largest absolute Gasteiger partial charge is 0.478 e. The molecule has 1 aromatic heterocycles. The Labute approximate surface area is 118 Å². The van der Waals surface area contributed by atoms with Crippen LogP contribution in [0.3, 0.4) is 0 Å². The van der Waals surface area contributed by atoms with E-state index in [-0.39, 0.29) is 0 Å². The fourth-order valence-corrected chi connectivity index (χ4v) is 2.89. The fraction of sp³-hybridized carbons (Fsp3) is 0.571. The van der Waals surface area contributed by atoms with Crippen LogP contribution in [0.5, 0.6) is 0 Å². The van der Waals surface area contributed by atoms with Crippen LogP contribution in [0.1, 0.15) is 36.3 Å². The zero-order valence-corrected chi connectivity index (χ0v) is 12.7. The summed E-state index contributed by atoms with van der Waals surface area (Å²) < 4.78 is 0. The van der Waals surface area contributed by atoms with E-state index >= 15 is 0 Å². The zero-order valence-electron chi connectivity index (χ0n) is 11.8. The first kappa shape index (κ1) is 15.9. The van der Waals surface area contributed by atoms with Gasteiger partial charge in [-0.3, -0.25) is 0 Å². The van der Waals surface area contributed by atoms with E-state index < -0.39 is 5.97 Å². The topological polar surface area (TPSA) is 53.4 Å². The number of rotatable bonds is 8. The van der Waals surface area contributed by atoms with E-state index in [0.717, 1.165) is 48.1 Å². The molecule has 1 rings (SSSR count). The standard InChI is InChI=1S/C14H22N2O2S/c1-4-11-12(7-8-14(17)18)19-13(15-11)9-10-16(5-2)6-3/h7-8H,4-6,9-10H2,1-3H3,(H,17,18)/b8-7+. The van der Waals surface area contributed by atoms with Crippen molar-refractivity contribution in [3.05, 3.63) is 21.7 Å². The van der Waals surface area contributed by atoms with Crippen molar-refractivity contribution >= 4 is 23.4 Å². The molecule has 0 saturated carbocycles. The third-order valence-corrected chi connectivity index (χ3v) is 4.14. The first-order valence-corrected chi connectivity index (χ1v) is 7.54. The van der Waals surface area contributed by atoms with Crippen LogP contribution in [0.25, 0.3) is 6.08 Å². The smallest absolute Gasteiger partial charge is 0.328 e. The second-order valence-corrected chi connectivity index (χ2v) is 5.34. The van der Waals surface area contributed by atoms with Gasteiger partial charge < -0.3 is 10.0 Å². The first-order chi connectivity index (χ1) is 9.10. The van der Waals surface area contributed by atoms with Crippen LogP contribution in [0, 0.1) is 0 Å². The lowest BCUT2D eigenvalue weighted by Gasteiger charge is -2.16. The molecule has 0 amide bonds. The maximum absolute atomic E-state index is 10.6. The number of thiazole rings is 1. The minimum Gasteiger partial charge on any atom is -0.478 e. The Balaban J connectivity index is 2.73. The molecule has 4 nitrogen and oxygen atoms in total. The molecule has 0 aromatic carbocycles. The number of carboxylic acid groups (broad SMARTS) is 1. The van der Waals surface area contributed by atoms with Gasteiger partial charge in [0, 0.05) is 19.0 Å². The Kier molecular flexibility index (Phi) is 6.73. The van der Waals surface area contributed by atoms with Gasteiger partial charge in [-0.1, -0.05) is 20.8 Å². The van der Waals surface area contributed by atoms with Crippen LogP contribution in [-0.4, -0.2) is 40.6 Å². The first-order valence-electron chi connectivity index (χ1n) is 6.72. The van der Waals surface area contributed by atoms with E-state index in [2.05, 4.69) is 23.7 Å². The molecule has 0 aliphatic heterocycles. The second kappa shape index (κ2) is 8.07. The average molecular weight is 282 g/mol. The lowest BCUT2D eigenvalue weighted by molar-refractivity contribution is -0.131. The summed E-state index contributed by atoms with van der Waals surface area (Å²) in [7, 11) is 0. The number of aliphatic carboxylic acids is 1. The van der Waals surface area contributed by atoms with Gasteiger partial charge in [-0.15, -0.1) is 11.3 Å². The van der Waals surface area contributed by atoms with Crippen molar-refractivity contribution in [2.24, 2.45) is 0 Å². The summed E-state index contributed by atoms with van der Waals surface area (Å²) in [6.45, 7) is 9.46. The van der Waals surface area contributed by atoms with Gasteiger partial charge in [-0.2, -0.15) is 0 Å². The number of hydrogen-bond donors (Lipinski definition) is 1. The molecule has 0 unspecified atom stereocenters. The highest BCUT2D eigenvalue weighted by atomic mass is 32.1. The van der Waals surface area contributed by atoms with E-state index in [4.69, 9.17) is 5.11 Å². The molecule has 19 heavy (non-hydrogen) atoms. The normalized spacial score (nSPS) is 11.6. The molecule has 0 radical (unpaired) electrons. The summed E-state index contributed by atoms with van der Waals surface area (Å²) in [5, 5.41) is 9.77. The molecule has 0 aliphatic rings. The molecule has 0 bridgehead atoms. The Bertz CT molecular complexity index is 437. The summed E-state index contributed by atoms with van der Waals surface area (Å²) in [6, 6.07) is 0. The van der Waals surface area contributed by atoms with Crippen LogP contribution in [0.4, 0.5) is 0 Å². The molecular weight excluding hydrogens is 260 g/mol. The maximum atomic E-state index is 10.6. The highest BCUT2D eigenvalue weighted by Gasteiger charge is 2.09. The number of likely N-dealkylation sites (N-methyl/N-ethyl adjacent to an activating group) is 1. The average Bonchev–Trinajstić information content (AvgIpc) is 2.80. The highest BCUT2D eigenvalue weighted by Crippen LogP contribution is 2.21. The quantitative estimate of drug-likeness (QED) is 0.745. The van der Waals surface area contributed by atoms with E-state index in [0.29, 0.717) is 0 Å².